The molecule has 5 nitrogen and oxygen atoms in total. The molecule has 1 fully saturated rings. The molecule has 0 aliphatic heterocycles. The van der Waals surface area contributed by atoms with Gasteiger partial charge in [-0.25, -0.2) is 9.59 Å². The van der Waals surface area contributed by atoms with Crippen molar-refractivity contribution < 1.29 is 24.2 Å². The molecule has 0 heterocycles. The van der Waals surface area contributed by atoms with Crippen molar-refractivity contribution in [1.29, 1.82) is 0 Å². The minimum atomic E-state index is -1.84. The molecule has 0 radical (unpaired) electrons. The van der Waals surface area contributed by atoms with Gasteiger partial charge in [0.1, 0.15) is 0 Å². The van der Waals surface area contributed by atoms with Crippen LogP contribution in [-0.2, 0) is 19.1 Å². The molecule has 1 aliphatic carbocycles. The Kier molecular flexibility index (Phi) is 7.72. The lowest BCUT2D eigenvalue weighted by atomic mass is 9.86. The van der Waals surface area contributed by atoms with Crippen molar-refractivity contribution in [3.8, 4) is 0 Å². The Balaban J connectivity index is 2.45. The maximum Gasteiger partial charge on any atom is 0.350 e. The van der Waals surface area contributed by atoms with Gasteiger partial charge in [0.05, 0.1) is 6.61 Å². The maximum atomic E-state index is 11.9. The van der Waals surface area contributed by atoms with Crippen LogP contribution in [0.5, 0.6) is 0 Å². The number of carbonyl (C=O) groups excluding carboxylic acids is 1. The first-order valence-corrected chi connectivity index (χ1v) is 8.11. The largest absolute Gasteiger partial charge is 0.479 e. The van der Waals surface area contributed by atoms with E-state index in [4.69, 9.17) is 9.47 Å². The van der Waals surface area contributed by atoms with Gasteiger partial charge in [-0.3, -0.25) is 0 Å². The number of hydrogen-bond acceptors (Lipinski definition) is 4. The molecular formula is C16H28O5. The number of carbonyl (C=O) groups is 2. The van der Waals surface area contributed by atoms with Gasteiger partial charge in [-0.15, -0.1) is 0 Å². The molecule has 21 heavy (non-hydrogen) atoms. The first kappa shape index (κ1) is 18.0. The van der Waals surface area contributed by atoms with Gasteiger partial charge in [0.15, 0.2) is 0 Å². The molecule has 0 aromatic carbocycles. The summed E-state index contributed by atoms with van der Waals surface area (Å²) in [5.74, 6) is -1.33. The predicted octanol–water partition coefficient (Wildman–Crippen LogP) is 3.16. The van der Waals surface area contributed by atoms with Crippen molar-refractivity contribution in [1.82, 2.24) is 0 Å². The lowest BCUT2D eigenvalue weighted by Crippen LogP contribution is -2.50. The number of carboxylic acid groups (broad SMARTS) is 1. The Labute approximate surface area is 127 Å². The fourth-order valence-corrected chi connectivity index (χ4v) is 2.95. The molecule has 1 N–H and O–H groups in total. The van der Waals surface area contributed by atoms with Crippen LogP contribution in [0.25, 0.3) is 0 Å². The van der Waals surface area contributed by atoms with Crippen LogP contribution in [0.15, 0.2) is 0 Å². The van der Waals surface area contributed by atoms with Gasteiger partial charge in [-0.2, -0.15) is 0 Å². The summed E-state index contributed by atoms with van der Waals surface area (Å²) in [5, 5.41) is 9.34. The number of rotatable bonds is 9. The molecule has 1 atom stereocenters. The fraction of sp³-hybridized carbons (Fsp3) is 0.875. The van der Waals surface area contributed by atoms with Crippen molar-refractivity contribution in [3.05, 3.63) is 0 Å². The Morgan fingerprint density at radius 1 is 1.19 bits per heavy atom. The molecule has 1 rings (SSSR count). The summed E-state index contributed by atoms with van der Waals surface area (Å²) in [6, 6.07) is 0. The molecule has 5 heteroatoms. The van der Waals surface area contributed by atoms with E-state index in [1.54, 1.807) is 13.8 Å². The van der Waals surface area contributed by atoms with Crippen molar-refractivity contribution in [2.75, 3.05) is 13.2 Å². The van der Waals surface area contributed by atoms with Gasteiger partial charge in [-0.1, -0.05) is 39.0 Å². The zero-order valence-electron chi connectivity index (χ0n) is 13.2. The Bertz CT molecular complexity index is 336. The van der Waals surface area contributed by atoms with E-state index in [-0.39, 0.29) is 19.6 Å². The third-order valence-electron chi connectivity index (χ3n) is 4.28. The average molecular weight is 300 g/mol. The van der Waals surface area contributed by atoms with Crippen molar-refractivity contribution >= 4 is 11.9 Å². The summed E-state index contributed by atoms with van der Waals surface area (Å²) in [5.41, 5.74) is -1.84. The molecular weight excluding hydrogens is 272 g/mol. The Morgan fingerprint density at radius 3 is 2.38 bits per heavy atom. The topological polar surface area (TPSA) is 72.8 Å². The van der Waals surface area contributed by atoms with Crippen LogP contribution in [0.2, 0.25) is 0 Å². The summed E-state index contributed by atoms with van der Waals surface area (Å²) < 4.78 is 10.3. The molecule has 0 aromatic rings. The molecule has 0 aromatic heterocycles. The van der Waals surface area contributed by atoms with Gasteiger partial charge < -0.3 is 14.6 Å². The predicted molar refractivity (Wildman–Crippen MR) is 79.1 cm³/mol. The van der Waals surface area contributed by atoms with Crippen molar-refractivity contribution in [3.63, 3.8) is 0 Å². The van der Waals surface area contributed by atoms with Gasteiger partial charge in [-0.05, 0) is 32.1 Å². The molecule has 1 saturated carbocycles. The zero-order valence-corrected chi connectivity index (χ0v) is 13.2. The summed E-state index contributed by atoms with van der Waals surface area (Å²) >= 11 is 0. The second-order valence-corrected chi connectivity index (χ2v) is 5.70. The van der Waals surface area contributed by atoms with Crippen LogP contribution < -0.4 is 0 Å². The Hall–Kier alpha value is -1.10. The lowest BCUT2D eigenvalue weighted by Gasteiger charge is -2.27. The van der Waals surface area contributed by atoms with Crippen LogP contribution in [0, 0.1) is 5.92 Å². The Morgan fingerprint density at radius 2 is 1.86 bits per heavy atom. The van der Waals surface area contributed by atoms with Crippen molar-refractivity contribution in [2.24, 2.45) is 5.92 Å². The maximum absolute atomic E-state index is 11.9. The van der Waals surface area contributed by atoms with E-state index >= 15 is 0 Å². The third-order valence-corrected chi connectivity index (χ3v) is 4.28. The second-order valence-electron chi connectivity index (χ2n) is 5.70. The van der Waals surface area contributed by atoms with E-state index in [1.807, 2.05) is 0 Å². The molecule has 1 aliphatic rings. The highest BCUT2D eigenvalue weighted by Crippen LogP contribution is 2.28. The van der Waals surface area contributed by atoms with Gasteiger partial charge >= 0.3 is 11.9 Å². The zero-order chi connectivity index (χ0) is 15.7. The van der Waals surface area contributed by atoms with E-state index in [2.05, 4.69) is 0 Å². The van der Waals surface area contributed by atoms with Crippen LogP contribution in [0.1, 0.15) is 65.2 Å². The molecule has 0 bridgehead atoms. The van der Waals surface area contributed by atoms with E-state index in [1.165, 1.54) is 32.1 Å². The summed E-state index contributed by atoms with van der Waals surface area (Å²) in [7, 11) is 0. The second kappa shape index (κ2) is 9.03. The van der Waals surface area contributed by atoms with Crippen molar-refractivity contribution in [2.45, 2.75) is 70.8 Å². The third kappa shape index (κ3) is 4.99. The molecule has 0 spiro atoms. The number of ether oxygens (including phenoxy) is 2. The highest BCUT2D eigenvalue weighted by atomic mass is 16.6. The minimum Gasteiger partial charge on any atom is -0.479 e. The number of carboxylic acids is 1. The standard InChI is InChI=1S/C16H28O5/c1-3-16(14(17)18,15(19)20-4-2)21-12-8-11-13-9-6-5-7-10-13/h13H,3-12H2,1-2H3,(H,17,18). The highest BCUT2D eigenvalue weighted by Gasteiger charge is 2.47. The van der Waals surface area contributed by atoms with Crippen LogP contribution in [0.4, 0.5) is 0 Å². The van der Waals surface area contributed by atoms with E-state index in [0.717, 1.165) is 18.8 Å². The van der Waals surface area contributed by atoms with E-state index in [0.29, 0.717) is 0 Å². The normalized spacial score (nSPS) is 19.0. The quantitative estimate of drug-likeness (QED) is 0.402. The highest BCUT2D eigenvalue weighted by molar-refractivity contribution is 6.02. The first-order chi connectivity index (χ1) is 10.1. The summed E-state index contributed by atoms with van der Waals surface area (Å²) in [6.07, 6.45) is 8.34. The summed E-state index contributed by atoms with van der Waals surface area (Å²) in [6.45, 7) is 3.73. The van der Waals surface area contributed by atoms with Gasteiger partial charge in [0.2, 0.25) is 0 Å². The molecule has 122 valence electrons. The number of aliphatic carboxylic acids is 1. The van der Waals surface area contributed by atoms with Crippen LogP contribution in [-0.4, -0.2) is 35.9 Å². The molecule has 0 saturated heterocycles. The number of esters is 1. The van der Waals surface area contributed by atoms with Crippen LogP contribution >= 0.6 is 0 Å². The summed E-state index contributed by atoms with van der Waals surface area (Å²) in [4.78, 5) is 23.3. The number of hydrogen-bond donors (Lipinski definition) is 1. The van der Waals surface area contributed by atoms with E-state index in [9.17, 15) is 14.7 Å². The monoisotopic (exact) mass is 300 g/mol. The lowest BCUT2D eigenvalue weighted by molar-refractivity contribution is -0.188. The minimum absolute atomic E-state index is 0.0740. The molecule has 0 amide bonds. The average Bonchev–Trinajstić information content (AvgIpc) is 2.48. The van der Waals surface area contributed by atoms with E-state index < -0.39 is 17.5 Å². The first-order valence-electron chi connectivity index (χ1n) is 8.11. The van der Waals surface area contributed by atoms with Gasteiger partial charge in [0, 0.05) is 6.61 Å². The molecule has 1 unspecified atom stereocenters. The van der Waals surface area contributed by atoms with Crippen LogP contribution in [0.3, 0.4) is 0 Å². The fourth-order valence-electron chi connectivity index (χ4n) is 2.95. The van der Waals surface area contributed by atoms with Gasteiger partial charge in [0.25, 0.3) is 5.60 Å². The smallest absolute Gasteiger partial charge is 0.350 e. The SMILES string of the molecule is CCOC(=O)C(CC)(OCCCC1CCCCC1)C(=O)O.